The molecule has 1 atom stereocenters. The predicted molar refractivity (Wildman–Crippen MR) is 74.4 cm³/mol. The summed E-state index contributed by atoms with van der Waals surface area (Å²) in [6, 6.07) is 10.6. The van der Waals surface area contributed by atoms with Crippen molar-refractivity contribution < 1.29 is 15.0 Å². The van der Waals surface area contributed by atoms with Gasteiger partial charge < -0.3 is 15.5 Å². The van der Waals surface area contributed by atoms with Crippen LogP contribution < -0.4 is 5.32 Å². The highest BCUT2D eigenvalue weighted by Gasteiger charge is 2.16. The first-order valence-electron chi connectivity index (χ1n) is 6.29. The Balaban J connectivity index is 2.03. The summed E-state index contributed by atoms with van der Waals surface area (Å²) in [5, 5.41) is 21.6. The second-order valence-electron chi connectivity index (χ2n) is 4.44. The van der Waals surface area contributed by atoms with E-state index < -0.39 is 11.9 Å². The highest BCUT2D eigenvalue weighted by molar-refractivity contribution is 5.96. The Kier molecular flexibility index (Phi) is 4.68. The van der Waals surface area contributed by atoms with Crippen molar-refractivity contribution >= 4 is 5.91 Å². The Bertz CT molecular complexity index is 572. The maximum Gasteiger partial charge on any atom is 0.255 e. The highest BCUT2D eigenvalue weighted by Crippen LogP contribution is 2.14. The van der Waals surface area contributed by atoms with Crippen molar-refractivity contribution in [2.75, 3.05) is 6.61 Å². The topological polar surface area (TPSA) is 82.5 Å². The smallest absolute Gasteiger partial charge is 0.255 e. The monoisotopic (exact) mass is 272 g/mol. The molecule has 3 N–H and O–H groups in total. The number of pyridine rings is 1. The predicted octanol–water partition coefficient (Wildman–Crippen LogP) is 1.12. The average Bonchev–Trinajstić information content (AvgIpc) is 2.48. The molecule has 0 fully saturated rings. The summed E-state index contributed by atoms with van der Waals surface area (Å²) in [6.45, 7) is -0.174. The first kappa shape index (κ1) is 14.0. The molecule has 2 aromatic rings. The van der Waals surface area contributed by atoms with Crippen LogP contribution >= 0.6 is 0 Å². The number of hydrogen-bond acceptors (Lipinski definition) is 4. The van der Waals surface area contributed by atoms with Gasteiger partial charge in [-0.15, -0.1) is 0 Å². The number of rotatable bonds is 5. The molecule has 0 unspecified atom stereocenters. The van der Waals surface area contributed by atoms with Gasteiger partial charge in [-0.05, 0) is 18.1 Å². The van der Waals surface area contributed by atoms with Crippen LogP contribution in [0.2, 0.25) is 0 Å². The molecule has 0 radical (unpaired) electrons. The summed E-state index contributed by atoms with van der Waals surface area (Å²) in [6.07, 6.45) is 3.16. The van der Waals surface area contributed by atoms with Crippen LogP contribution in [0.25, 0.3) is 0 Å². The molecule has 0 bridgehead atoms. The number of carbonyl (C=O) groups is 1. The van der Waals surface area contributed by atoms with Gasteiger partial charge in [-0.2, -0.15) is 0 Å². The van der Waals surface area contributed by atoms with E-state index in [0.717, 1.165) is 5.56 Å². The number of amides is 1. The van der Waals surface area contributed by atoms with Crippen molar-refractivity contribution in [1.82, 2.24) is 10.3 Å². The number of nitrogens with zero attached hydrogens (tertiary/aromatic N) is 1. The van der Waals surface area contributed by atoms with E-state index in [4.69, 9.17) is 0 Å². The Labute approximate surface area is 116 Å². The molecule has 0 saturated heterocycles. The molecule has 0 spiro atoms. The molecule has 1 amide bonds. The van der Waals surface area contributed by atoms with Gasteiger partial charge >= 0.3 is 0 Å². The first-order chi connectivity index (χ1) is 9.70. The summed E-state index contributed by atoms with van der Waals surface area (Å²) >= 11 is 0. The number of aromatic nitrogens is 1. The van der Waals surface area contributed by atoms with Crippen LogP contribution in [-0.2, 0) is 6.42 Å². The van der Waals surface area contributed by atoms with Crippen LogP contribution in [0.5, 0.6) is 5.75 Å². The maximum atomic E-state index is 12.0. The lowest BCUT2D eigenvalue weighted by atomic mass is 10.1. The van der Waals surface area contributed by atoms with E-state index in [1.165, 1.54) is 18.5 Å². The van der Waals surface area contributed by atoms with Gasteiger partial charge in [0.25, 0.3) is 5.91 Å². The van der Waals surface area contributed by atoms with Gasteiger partial charge in [-0.3, -0.25) is 9.78 Å². The standard InChI is InChI=1S/C15H16N2O3/c18-10-12(8-11-4-2-1-3-5-11)17-15(20)13-6-7-16-9-14(13)19/h1-7,9,12,18-19H,8,10H2,(H,17,20)/t12-/m0/s1. The zero-order valence-corrected chi connectivity index (χ0v) is 10.9. The van der Waals surface area contributed by atoms with Crippen molar-refractivity contribution in [1.29, 1.82) is 0 Å². The van der Waals surface area contributed by atoms with Crippen LogP contribution in [0.1, 0.15) is 15.9 Å². The van der Waals surface area contributed by atoms with Gasteiger partial charge in [0.1, 0.15) is 5.75 Å². The van der Waals surface area contributed by atoms with Crippen LogP contribution in [0.15, 0.2) is 48.8 Å². The molecular weight excluding hydrogens is 256 g/mol. The normalized spacial score (nSPS) is 11.8. The SMILES string of the molecule is O=C(N[C@H](CO)Cc1ccccc1)c1ccncc1O. The van der Waals surface area contributed by atoms with Gasteiger partial charge in [0, 0.05) is 6.20 Å². The lowest BCUT2D eigenvalue weighted by molar-refractivity contribution is 0.0913. The number of aromatic hydroxyl groups is 1. The van der Waals surface area contributed by atoms with E-state index >= 15 is 0 Å². The van der Waals surface area contributed by atoms with E-state index in [9.17, 15) is 15.0 Å². The molecule has 5 nitrogen and oxygen atoms in total. The van der Waals surface area contributed by atoms with Gasteiger partial charge in [0.2, 0.25) is 0 Å². The highest BCUT2D eigenvalue weighted by atomic mass is 16.3. The fourth-order valence-corrected chi connectivity index (χ4v) is 1.90. The number of hydrogen-bond donors (Lipinski definition) is 3. The molecular formula is C15H16N2O3. The van der Waals surface area contributed by atoms with Crippen LogP contribution in [0.4, 0.5) is 0 Å². The quantitative estimate of drug-likeness (QED) is 0.761. The third-order valence-electron chi connectivity index (χ3n) is 2.93. The Morgan fingerprint density at radius 3 is 2.65 bits per heavy atom. The zero-order chi connectivity index (χ0) is 14.4. The van der Waals surface area contributed by atoms with Gasteiger partial charge in [-0.25, -0.2) is 0 Å². The van der Waals surface area contributed by atoms with Gasteiger partial charge in [0.15, 0.2) is 0 Å². The summed E-state index contributed by atoms with van der Waals surface area (Å²) in [5.74, 6) is -0.610. The average molecular weight is 272 g/mol. The Hall–Kier alpha value is -2.40. The number of nitrogens with one attached hydrogen (secondary N) is 1. The van der Waals surface area contributed by atoms with Crippen molar-refractivity contribution in [3.63, 3.8) is 0 Å². The second-order valence-corrected chi connectivity index (χ2v) is 4.44. The molecule has 1 aromatic heterocycles. The molecule has 2 rings (SSSR count). The molecule has 1 aromatic carbocycles. The molecule has 1 heterocycles. The minimum absolute atomic E-state index is 0.145. The van der Waals surface area contributed by atoms with Crippen molar-refractivity contribution in [3.8, 4) is 5.75 Å². The van der Waals surface area contributed by atoms with Crippen molar-refractivity contribution in [2.24, 2.45) is 0 Å². The molecule has 0 aliphatic carbocycles. The minimum atomic E-state index is -0.431. The second kappa shape index (κ2) is 6.68. The molecule has 20 heavy (non-hydrogen) atoms. The maximum absolute atomic E-state index is 12.0. The van der Waals surface area contributed by atoms with E-state index in [-0.39, 0.29) is 17.9 Å². The first-order valence-corrected chi connectivity index (χ1v) is 6.29. The summed E-state index contributed by atoms with van der Waals surface area (Å²) in [5.41, 5.74) is 1.16. The minimum Gasteiger partial charge on any atom is -0.505 e. The lowest BCUT2D eigenvalue weighted by Gasteiger charge is -2.16. The van der Waals surface area contributed by atoms with E-state index in [0.29, 0.717) is 6.42 Å². The Morgan fingerprint density at radius 1 is 1.25 bits per heavy atom. The largest absolute Gasteiger partial charge is 0.505 e. The van der Waals surface area contributed by atoms with Gasteiger partial charge in [-0.1, -0.05) is 30.3 Å². The summed E-state index contributed by atoms with van der Waals surface area (Å²) in [7, 11) is 0. The number of benzene rings is 1. The molecule has 104 valence electrons. The van der Waals surface area contributed by atoms with E-state index in [2.05, 4.69) is 10.3 Å². The third-order valence-corrected chi connectivity index (χ3v) is 2.93. The Morgan fingerprint density at radius 2 is 2.00 bits per heavy atom. The fraction of sp³-hybridized carbons (Fsp3) is 0.200. The van der Waals surface area contributed by atoms with E-state index in [1.54, 1.807) is 0 Å². The number of aliphatic hydroxyl groups is 1. The molecule has 0 aliphatic rings. The lowest BCUT2D eigenvalue weighted by Crippen LogP contribution is -2.39. The van der Waals surface area contributed by atoms with Crippen molar-refractivity contribution in [2.45, 2.75) is 12.5 Å². The number of carbonyl (C=O) groups excluding carboxylic acids is 1. The number of aliphatic hydroxyl groups excluding tert-OH is 1. The van der Waals surface area contributed by atoms with Crippen LogP contribution in [0, 0.1) is 0 Å². The summed E-state index contributed by atoms with van der Waals surface area (Å²) in [4.78, 5) is 15.7. The van der Waals surface area contributed by atoms with Crippen LogP contribution in [0.3, 0.4) is 0 Å². The third kappa shape index (κ3) is 3.55. The molecule has 5 heteroatoms. The van der Waals surface area contributed by atoms with Crippen molar-refractivity contribution in [3.05, 3.63) is 59.9 Å². The molecule has 0 aliphatic heterocycles. The zero-order valence-electron chi connectivity index (χ0n) is 10.9. The molecule has 0 saturated carbocycles. The van der Waals surface area contributed by atoms with Gasteiger partial charge in [0.05, 0.1) is 24.4 Å². The van der Waals surface area contributed by atoms with E-state index in [1.807, 2.05) is 30.3 Å². The fourth-order valence-electron chi connectivity index (χ4n) is 1.90. The summed E-state index contributed by atoms with van der Waals surface area (Å²) < 4.78 is 0. The van der Waals surface area contributed by atoms with Crippen LogP contribution in [-0.4, -0.2) is 33.8 Å².